The van der Waals surface area contributed by atoms with Crippen molar-refractivity contribution < 1.29 is 27.6 Å². The summed E-state index contributed by atoms with van der Waals surface area (Å²) >= 11 is 6.47. The number of rotatable bonds is 6. The molecule has 15 heteroatoms. The molecule has 6 rings (SSSR count). The molecule has 3 aliphatic rings. The van der Waals surface area contributed by atoms with Gasteiger partial charge >= 0.3 is 6.18 Å². The number of anilines is 2. The molecule has 0 radical (unpaired) electrons. The van der Waals surface area contributed by atoms with Gasteiger partial charge in [-0.3, -0.25) is 14.4 Å². The number of fused-ring (bicyclic) bond motifs is 1. The third kappa shape index (κ3) is 6.35. The molecule has 45 heavy (non-hydrogen) atoms. The van der Waals surface area contributed by atoms with Gasteiger partial charge < -0.3 is 30.4 Å². The maximum atomic E-state index is 13.4. The Bertz CT molecular complexity index is 1630. The van der Waals surface area contributed by atoms with Gasteiger partial charge in [-0.25, -0.2) is 10.4 Å². The SMILES string of the molecule is Cn1c(-c2ccc3c(c2)C(C(F)(F)F)NN3)cnc1C(=O)Nc1ccc(C(=O)N2CCN(C(=O)C[C@@H]3CCNC3)CC2)c(Cl)c1. The summed E-state index contributed by atoms with van der Waals surface area (Å²) in [5.74, 6) is -0.311. The minimum Gasteiger partial charge on any atom is -0.339 e. The van der Waals surface area contributed by atoms with Crippen molar-refractivity contribution in [1.29, 1.82) is 0 Å². The fourth-order valence-corrected chi connectivity index (χ4v) is 6.26. The molecule has 238 valence electrons. The van der Waals surface area contributed by atoms with Crippen LogP contribution in [-0.4, -0.2) is 82.5 Å². The number of hydrogen-bond donors (Lipinski definition) is 4. The Kier molecular flexibility index (Phi) is 8.46. The fourth-order valence-electron chi connectivity index (χ4n) is 6.00. The van der Waals surface area contributed by atoms with E-state index in [1.54, 1.807) is 30.1 Å². The van der Waals surface area contributed by atoms with Gasteiger partial charge in [0.05, 0.1) is 28.2 Å². The molecule has 11 nitrogen and oxygen atoms in total. The van der Waals surface area contributed by atoms with E-state index in [0.29, 0.717) is 61.1 Å². The number of nitrogens with one attached hydrogen (secondary N) is 4. The second-order valence-corrected chi connectivity index (χ2v) is 11.9. The van der Waals surface area contributed by atoms with E-state index in [-0.39, 0.29) is 33.8 Å². The van der Waals surface area contributed by atoms with Gasteiger partial charge in [0.2, 0.25) is 5.91 Å². The predicted molar refractivity (Wildman–Crippen MR) is 162 cm³/mol. The van der Waals surface area contributed by atoms with Crippen molar-refractivity contribution in [3.05, 3.63) is 64.6 Å². The van der Waals surface area contributed by atoms with Crippen molar-refractivity contribution in [2.24, 2.45) is 13.0 Å². The topological polar surface area (TPSA) is 124 Å². The largest absolute Gasteiger partial charge is 0.409 e. The lowest BCUT2D eigenvalue weighted by Gasteiger charge is -2.35. The first-order valence-electron chi connectivity index (χ1n) is 14.6. The number of carbonyl (C=O) groups excluding carboxylic acids is 3. The van der Waals surface area contributed by atoms with Crippen molar-refractivity contribution in [3.63, 3.8) is 0 Å². The number of amides is 3. The van der Waals surface area contributed by atoms with Crippen LogP contribution in [0.25, 0.3) is 11.3 Å². The number of nitrogens with zero attached hydrogens (tertiary/aromatic N) is 4. The highest BCUT2D eigenvalue weighted by molar-refractivity contribution is 6.34. The summed E-state index contributed by atoms with van der Waals surface area (Å²) in [7, 11) is 1.59. The summed E-state index contributed by atoms with van der Waals surface area (Å²) in [6, 6.07) is 7.32. The van der Waals surface area contributed by atoms with Crippen molar-refractivity contribution in [1.82, 2.24) is 30.1 Å². The number of benzene rings is 2. The van der Waals surface area contributed by atoms with Crippen LogP contribution in [0.1, 0.15) is 45.4 Å². The quantitative estimate of drug-likeness (QED) is 0.322. The predicted octanol–water partition coefficient (Wildman–Crippen LogP) is 3.81. The highest BCUT2D eigenvalue weighted by Gasteiger charge is 2.45. The summed E-state index contributed by atoms with van der Waals surface area (Å²) < 4.78 is 41.8. The Labute approximate surface area is 262 Å². The second kappa shape index (κ2) is 12.3. The number of aromatic nitrogens is 2. The molecule has 3 aromatic rings. The first kappa shape index (κ1) is 30.9. The van der Waals surface area contributed by atoms with Crippen molar-refractivity contribution in [2.45, 2.75) is 25.1 Å². The van der Waals surface area contributed by atoms with E-state index in [1.807, 2.05) is 4.90 Å². The molecule has 2 aromatic carbocycles. The molecule has 2 fully saturated rings. The summed E-state index contributed by atoms with van der Waals surface area (Å²) in [5, 5.41) is 6.15. The van der Waals surface area contributed by atoms with Gasteiger partial charge in [0.1, 0.15) is 6.04 Å². The lowest BCUT2D eigenvalue weighted by atomic mass is 10.0. The normalized spacial score (nSPS) is 19.8. The standard InChI is InChI=1S/C30H32ClF3N8O3/c1-40-24(18-2-5-23-21(13-18)26(39-38-23)30(32,33)34)16-36-27(40)28(44)37-19-3-4-20(22(31)14-19)29(45)42-10-8-41(9-11-42)25(43)12-17-6-7-35-15-17/h2-5,13-14,16-17,26,35,38-39H,6-12,15H2,1H3,(H,37,44)/t17-,26?/m0/s1. The van der Waals surface area contributed by atoms with Gasteiger partial charge in [0.25, 0.3) is 11.8 Å². The molecule has 1 unspecified atom stereocenters. The molecule has 1 aromatic heterocycles. The molecule has 0 saturated carbocycles. The van der Waals surface area contributed by atoms with Crippen LogP contribution >= 0.6 is 11.6 Å². The average molecular weight is 645 g/mol. The van der Waals surface area contributed by atoms with E-state index >= 15 is 0 Å². The maximum Gasteiger partial charge on any atom is 0.409 e. The maximum absolute atomic E-state index is 13.4. The molecule has 4 heterocycles. The van der Waals surface area contributed by atoms with Gasteiger partial charge in [0.15, 0.2) is 5.82 Å². The lowest BCUT2D eigenvalue weighted by molar-refractivity contribution is -0.154. The third-order valence-electron chi connectivity index (χ3n) is 8.53. The highest BCUT2D eigenvalue weighted by atomic mass is 35.5. The van der Waals surface area contributed by atoms with Gasteiger partial charge in [-0.2, -0.15) is 13.2 Å². The Balaban J connectivity index is 1.08. The molecule has 0 bridgehead atoms. The summed E-state index contributed by atoms with van der Waals surface area (Å²) in [6.07, 6.45) is -1.55. The van der Waals surface area contributed by atoms with Crippen LogP contribution in [0, 0.1) is 5.92 Å². The molecular formula is C30H32ClF3N8O3. The van der Waals surface area contributed by atoms with E-state index < -0.39 is 18.1 Å². The number of hydrogen-bond acceptors (Lipinski definition) is 7. The van der Waals surface area contributed by atoms with Gasteiger partial charge in [-0.1, -0.05) is 17.7 Å². The molecule has 2 saturated heterocycles. The van der Waals surface area contributed by atoms with Crippen molar-refractivity contribution in [2.75, 3.05) is 50.0 Å². The zero-order valence-corrected chi connectivity index (χ0v) is 25.1. The van der Waals surface area contributed by atoms with E-state index in [1.165, 1.54) is 29.0 Å². The van der Waals surface area contributed by atoms with Crippen molar-refractivity contribution in [3.8, 4) is 11.3 Å². The fraction of sp³-hybridized carbons (Fsp3) is 0.400. The van der Waals surface area contributed by atoms with Crippen LogP contribution in [0.15, 0.2) is 42.6 Å². The molecular weight excluding hydrogens is 613 g/mol. The Morgan fingerprint density at radius 2 is 1.82 bits per heavy atom. The minimum absolute atomic E-state index is 0.0296. The van der Waals surface area contributed by atoms with Gasteiger partial charge in [0, 0.05) is 56.5 Å². The second-order valence-electron chi connectivity index (χ2n) is 11.5. The van der Waals surface area contributed by atoms with Crippen molar-refractivity contribution >= 4 is 40.7 Å². The van der Waals surface area contributed by atoms with E-state index in [9.17, 15) is 27.6 Å². The number of hydrazine groups is 1. The van der Waals surface area contributed by atoms with Crippen LogP contribution in [0.4, 0.5) is 24.5 Å². The highest BCUT2D eigenvalue weighted by Crippen LogP contribution is 2.41. The Morgan fingerprint density at radius 1 is 1.07 bits per heavy atom. The lowest BCUT2D eigenvalue weighted by Crippen LogP contribution is -2.51. The summed E-state index contributed by atoms with van der Waals surface area (Å²) in [6.45, 7) is 3.53. The number of halogens is 4. The number of imidazole rings is 1. The molecule has 0 aliphatic carbocycles. The summed E-state index contributed by atoms with van der Waals surface area (Å²) in [4.78, 5) is 46.6. The first-order valence-corrected chi connectivity index (χ1v) is 15.0. The van der Waals surface area contributed by atoms with E-state index in [4.69, 9.17) is 11.6 Å². The van der Waals surface area contributed by atoms with Gasteiger partial charge in [-0.15, -0.1) is 0 Å². The van der Waals surface area contributed by atoms with Crippen LogP contribution in [0.3, 0.4) is 0 Å². The molecule has 3 aliphatic heterocycles. The Hall–Kier alpha value is -4.14. The van der Waals surface area contributed by atoms with Crippen LogP contribution < -0.4 is 21.5 Å². The molecule has 2 atom stereocenters. The number of alkyl halides is 3. The van der Waals surface area contributed by atoms with Crippen LogP contribution in [0.2, 0.25) is 5.02 Å². The average Bonchev–Trinajstić information content (AvgIpc) is 3.76. The monoisotopic (exact) mass is 644 g/mol. The number of piperazine rings is 1. The smallest absolute Gasteiger partial charge is 0.339 e. The first-order chi connectivity index (χ1) is 21.5. The van der Waals surface area contributed by atoms with Crippen LogP contribution in [-0.2, 0) is 11.8 Å². The molecule has 3 amide bonds. The summed E-state index contributed by atoms with van der Waals surface area (Å²) in [5.41, 5.74) is 6.69. The van der Waals surface area contributed by atoms with E-state index in [0.717, 1.165) is 19.5 Å². The third-order valence-corrected chi connectivity index (χ3v) is 8.84. The van der Waals surface area contributed by atoms with Gasteiger partial charge in [-0.05, 0) is 55.8 Å². The number of carbonyl (C=O) groups is 3. The minimum atomic E-state index is -4.49. The molecule has 0 spiro atoms. The molecule has 4 N–H and O–H groups in total. The van der Waals surface area contributed by atoms with Crippen LogP contribution in [0.5, 0.6) is 0 Å². The zero-order valence-electron chi connectivity index (χ0n) is 24.4. The van der Waals surface area contributed by atoms with E-state index in [2.05, 4.69) is 26.5 Å². The Morgan fingerprint density at radius 3 is 2.51 bits per heavy atom. The zero-order chi connectivity index (χ0) is 31.9.